The Hall–Kier alpha value is -3.65. The van der Waals surface area contributed by atoms with Crippen LogP contribution in [0.5, 0.6) is 0 Å². The molecule has 1 aliphatic rings. The number of piperidine rings is 1. The molecule has 0 spiro atoms. The summed E-state index contributed by atoms with van der Waals surface area (Å²) in [5.41, 5.74) is 2.90. The van der Waals surface area contributed by atoms with Gasteiger partial charge >= 0.3 is 0 Å². The van der Waals surface area contributed by atoms with E-state index in [4.69, 9.17) is 0 Å². The van der Waals surface area contributed by atoms with Crippen LogP contribution in [0.3, 0.4) is 0 Å². The van der Waals surface area contributed by atoms with Gasteiger partial charge in [0.05, 0.1) is 5.69 Å². The second kappa shape index (κ2) is 8.79. The lowest BCUT2D eigenvalue weighted by Gasteiger charge is -2.29. The predicted octanol–water partition coefficient (Wildman–Crippen LogP) is 5.61. The van der Waals surface area contributed by atoms with E-state index in [0.29, 0.717) is 11.1 Å². The first-order valence-corrected chi connectivity index (χ1v) is 10.1. The van der Waals surface area contributed by atoms with Gasteiger partial charge in [-0.05, 0) is 60.7 Å². The van der Waals surface area contributed by atoms with Crippen molar-refractivity contribution in [3.05, 3.63) is 83.7 Å². The van der Waals surface area contributed by atoms with Gasteiger partial charge in [-0.1, -0.05) is 36.4 Å². The monoisotopic (exact) mass is 399 g/mol. The summed E-state index contributed by atoms with van der Waals surface area (Å²) in [5.74, 6) is -1.02. The second-order valence-electron chi connectivity index (χ2n) is 7.41. The van der Waals surface area contributed by atoms with Crippen LogP contribution < -0.4 is 10.2 Å². The van der Waals surface area contributed by atoms with E-state index in [1.165, 1.54) is 12.5 Å². The molecule has 0 radical (unpaired) electrons. The third-order valence-corrected chi connectivity index (χ3v) is 5.39. The van der Waals surface area contributed by atoms with Crippen LogP contribution in [-0.2, 0) is 0 Å². The SMILES string of the molecule is N#Cc1c(F)cc(-c2ccccc2)cc1NC(=O)c1cccc(N2CCCCC2)c1. The molecule has 0 atom stereocenters. The first-order chi connectivity index (χ1) is 14.7. The van der Waals surface area contributed by atoms with E-state index < -0.39 is 5.82 Å². The zero-order valence-corrected chi connectivity index (χ0v) is 16.6. The topological polar surface area (TPSA) is 56.1 Å². The van der Waals surface area contributed by atoms with Gasteiger partial charge in [0.2, 0.25) is 0 Å². The standard InChI is InChI=1S/C25H22FN3O/c26-23-15-20(18-8-3-1-4-9-18)16-24(22(23)17-27)28-25(30)19-10-7-11-21(14-19)29-12-5-2-6-13-29/h1,3-4,7-11,14-16H,2,5-6,12-13H2,(H,28,30). The fourth-order valence-electron chi connectivity index (χ4n) is 3.81. The molecule has 30 heavy (non-hydrogen) atoms. The highest BCUT2D eigenvalue weighted by molar-refractivity contribution is 6.05. The van der Waals surface area contributed by atoms with Gasteiger partial charge in [0, 0.05) is 24.3 Å². The van der Waals surface area contributed by atoms with Crippen molar-refractivity contribution in [2.45, 2.75) is 19.3 Å². The predicted molar refractivity (Wildman–Crippen MR) is 117 cm³/mol. The number of amides is 1. The minimum absolute atomic E-state index is 0.171. The Kier molecular flexibility index (Phi) is 5.76. The van der Waals surface area contributed by atoms with E-state index in [-0.39, 0.29) is 17.2 Å². The maximum Gasteiger partial charge on any atom is 0.255 e. The normalized spacial score (nSPS) is 13.5. The van der Waals surface area contributed by atoms with Gasteiger partial charge in [0.15, 0.2) is 0 Å². The highest BCUT2D eigenvalue weighted by Crippen LogP contribution is 2.29. The van der Waals surface area contributed by atoms with E-state index in [1.807, 2.05) is 54.6 Å². The first-order valence-electron chi connectivity index (χ1n) is 10.1. The highest BCUT2D eigenvalue weighted by atomic mass is 19.1. The Bertz CT molecular complexity index is 1100. The van der Waals surface area contributed by atoms with E-state index in [9.17, 15) is 14.4 Å². The molecule has 0 unspecified atom stereocenters. The Balaban J connectivity index is 1.63. The third-order valence-electron chi connectivity index (χ3n) is 5.39. The number of carbonyl (C=O) groups is 1. The minimum atomic E-state index is -0.656. The number of nitrogens with one attached hydrogen (secondary N) is 1. The molecule has 1 N–H and O–H groups in total. The molecule has 4 nitrogen and oxygen atoms in total. The van der Waals surface area contributed by atoms with Gasteiger partial charge in [-0.25, -0.2) is 4.39 Å². The van der Waals surface area contributed by atoms with Gasteiger partial charge in [0.1, 0.15) is 17.4 Å². The van der Waals surface area contributed by atoms with Gasteiger partial charge in [-0.2, -0.15) is 5.26 Å². The summed E-state index contributed by atoms with van der Waals surface area (Å²) in [7, 11) is 0. The average molecular weight is 399 g/mol. The molecule has 5 heteroatoms. The molecule has 0 bridgehead atoms. The second-order valence-corrected chi connectivity index (χ2v) is 7.41. The maximum absolute atomic E-state index is 14.6. The van der Waals surface area contributed by atoms with Gasteiger partial charge < -0.3 is 10.2 Å². The number of carbonyl (C=O) groups excluding carboxylic acids is 1. The summed E-state index contributed by atoms with van der Waals surface area (Å²) in [6.45, 7) is 1.96. The van der Waals surface area contributed by atoms with Crippen LogP contribution in [0.25, 0.3) is 11.1 Å². The fraction of sp³-hybridized carbons (Fsp3) is 0.200. The number of nitrogens with zero attached hydrogens (tertiary/aromatic N) is 2. The van der Waals surface area contributed by atoms with Crippen molar-refractivity contribution in [1.82, 2.24) is 0 Å². The fourth-order valence-corrected chi connectivity index (χ4v) is 3.81. The van der Waals surface area contributed by atoms with Crippen molar-refractivity contribution < 1.29 is 9.18 Å². The molecule has 4 rings (SSSR count). The van der Waals surface area contributed by atoms with Crippen molar-refractivity contribution in [2.75, 3.05) is 23.3 Å². The van der Waals surface area contributed by atoms with E-state index in [1.54, 1.807) is 12.1 Å². The molecule has 1 amide bonds. The van der Waals surface area contributed by atoms with Gasteiger partial charge in [0.25, 0.3) is 5.91 Å². The summed E-state index contributed by atoms with van der Waals surface area (Å²) in [6.07, 6.45) is 3.53. The zero-order valence-electron chi connectivity index (χ0n) is 16.6. The smallest absolute Gasteiger partial charge is 0.255 e. The highest BCUT2D eigenvalue weighted by Gasteiger charge is 2.17. The molecular weight excluding hydrogens is 377 g/mol. The Morgan fingerprint density at radius 1 is 0.933 bits per heavy atom. The summed E-state index contributed by atoms with van der Waals surface area (Å²) in [6, 6.07) is 21.6. The average Bonchev–Trinajstić information content (AvgIpc) is 2.80. The molecule has 1 aliphatic heterocycles. The van der Waals surface area contributed by atoms with Crippen molar-refractivity contribution in [3.63, 3.8) is 0 Å². The van der Waals surface area contributed by atoms with Crippen LogP contribution in [-0.4, -0.2) is 19.0 Å². The summed E-state index contributed by atoms with van der Waals surface area (Å²) < 4.78 is 14.6. The number of rotatable bonds is 4. The van der Waals surface area contributed by atoms with E-state index in [0.717, 1.165) is 37.2 Å². The number of hydrogen-bond acceptors (Lipinski definition) is 3. The lowest BCUT2D eigenvalue weighted by molar-refractivity contribution is 0.102. The van der Waals surface area contributed by atoms with Crippen LogP contribution in [0.1, 0.15) is 35.2 Å². The lowest BCUT2D eigenvalue weighted by atomic mass is 10.0. The quantitative estimate of drug-likeness (QED) is 0.621. The molecule has 1 heterocycles. The summed E-state index contributed by atoms with van der Waals surface area (Å²) >= 11 is 0. The van der Waals surface area contributed by atoms with Crippen molar-refractivity contribution in [3.8, 4) is 17.2 Å². The van der Waals surface area contributed by atoms with Gasteiger partial charge in [-0.3, -0.25) is 4.79 Å². The van der Waals surface area contributed by atoms with Crippen molar-refractivity contribution in [2.24, 2.45) is 0 Å². The van der Waals surface area contributed by atoms with Crippen LogP contribution in [0.4, 0.5) is 15.8 Å². The molecule has 1 saturated heterocycles. The summed E-state index contributed by atoms with van der Waals surface area (Å²) in [5, 5.41) is 12.1. The third kappa shape index (κ3) is 4.18. The number of hydrogen-bond donors (Lipinski definition) is 1. The molecule has 0 aromatic heterocycles. The molecule has 0 saturated carbocycles. The minimum Gasteiger partial charge on any atom is -0.372 e. The number of nitriles is 1. The van der Waals surface area contributed by atoms with Crippen LogP contribution in [0.15, 0.2) is 66.7 Å². The lowest BCUT2D eigenvalue weighted by Crippen LogP contribution is -2.29. The van der Waals surface area contributed by atoms with E-state index in [2.05, 4.69) is 10.2 Å². The maximum atomic E-state index is 14.6. The molecule has 3 aromatic rings. The Morgan fingerprint density at radius 3 is 2.43 bits per heavy atom. The van der Waals surface area contributed by atoms with Crippen LogP contribution in [0, 0.1) is 17.1 Å². The van der Waals surface area contributed by atoms with Crippen molar-refractivity contribution in [1.29, 1.82) is 5.26 Å². The molecule has 3 aromatic carbocycles. The Morgan fingerprint density at radius 2 is 1.70 bits per heavy atom. The molecule has 0 aliphatic carbocycles. The molecule has 1 fully saturated rings. The number of halogens is 1. The number of benzene rings is 3. The van der Waals surface area contributed by atoms with Crippen molar-refractivity contribution >= 4 is 17.3 Å². The number of anilines is 2. The molecule has 150 valence electrons. The van der Waals surface area contributed by atoms with Crippen LogP contribution in [0.2, 0.25) is 0 Å². The first kappa shape index (κ1) is 19.7. The zero-order chi connectivity index (χ0) is 20.9. The summed E-state index contributed by atoms with van der Waals surface area (Å²) in [4.78, 5) is 15.2. The molecular formula is C25H22FN3O. The largest absolute Gasteiger partial charge is 0.372 e. The van der Waals surface area contributed by atoms with Crippen LogP contribution >= 0.6 is 0 Å². The van der Waals surface area contributed by atoms with E-state index >= 15 is 0 Å². The Labute approximate surface area is 175 Å². The van der Waals surface area contributed by atoms with Gasteiger partial charge in [-0.15, -0.1) is 0 Å².